The predicted octanol–water partition coefficient (Wildman–Crippen LogP) is 2.73. The van der Waals surface area contributed by atoms with Gasteiger partial charge in [-0.25, -0.2) is 8.42 Å². The fourth-order valence-corrected chi connectivity index (χ4v) is 5.85. The first-order valence-electron chi connectivity index (χ1n) is 10.0. The minimum absolute atomic E-state index is 0.0378. The van der Waals surface area contributed by atoms with Gasteiger partial charge in [0.15, 0.2) is 9.84 Å². The number of halogens is 2. The highest BCUT2D eigenvalue weighted by Gasteiger charge is 2.41. The summed E-state index contributed by atoms with van der Waals surface area (Å²) >= 11 is 12.5. The van der Waals surface area contributed by atoms with Gasteiger partial charge in [-0.15, -0.1) is 0 Å². The highest BCUT2D eigenvalue weighted by molar-refractivity contribution is 7.93. The molecule has 1 aromatic carbocycles. The molecule has 1 aliphatic carbocycles. The molecule has 6 nitrogen and oxygen atoms in total. The number of nitrogens with zero attached hydrogens (tertiary/aromatic N) is 1. The van der Waals surface area contributed by atoms with Crippen molar-refractivity contribution in [1.29, 1.82) is 0 Å². The minimum atomic E-state index is -3.49. The van der Waals surface area contributed by atoms with Gasteiger partial charge in [-0.1, -0.05) is 42.3 Å². The molecule has 2 aliphatic rings. The maximum absolute atomic E-state index is 12.7. The normalized spacial score (nSPS) is 22.6. The average Bonchev–Trinajstić information content (AvgIpc) is 2.74. The summed E-state index contributed by atoms with van der Waals surface area (Å²) in [5.41, 5.74) is 1.36. The molecule has 1 aromatic rings. The number of carbonyl (C=O) groups is 1. The van der Waals surface area contributed by atoms with E-state index in [1.165, 1.54) is 6.08 Å². The second-order valence-corrected chi connectivity index (χ2v) is 11.1. The first-order chi connectivity index (χ1) is 14.3. The Kier molecular flexibility index (Phi) is 7.63. The summed E-state index contributed by atoms with van der Waals surface area (Å²) in [5.74, 6) is -0.403. The number of hydrogen-bond donors (Lipinski definition) is 2. The number of hydrogen-bond acceptors (Lipinski definition) is 5. The molecule has 1 fully saturated rings. The topological polar surface area (TPSA) is 78.5 Å². The number of rotatable bonds is 7. The molecule has 0 saturated carbocycles. The third-order valence-corrected chi connectivity index (χ3v) is 8.62. The Hall–Kier alpha value is -1.38. The van der Waals surface area contributed by atoms with E-state index >= 15 is 0 Å². The molecule has 0 spiro atoms. The van der Waals surface area contributed by atoms with Crippen LogP contribution < -0.4 is 10.6 Å². The highest BCUT2D eigenvalue weighted by Crippen LogP contribution is 2.31. The van der Waals surface area contributed by atoms with Crippen molar-refractivity contribution in [3.8, 4) is 0 Å². The molecule has 1 heterocycles. The van der Waals surface area contributed by atoms with Crippen molar-refractivity contribution in [3.63, 3.8) is 0 Å². The van der Waals surface area contributed by atoms with Crippen molar-refractivity contribution in [3.05, 3.63) is 57.6 Å². The maximum atomic E-state index is 12.7. The largest absolute Gasteiger partial charge is 0.350 e. The Morgan fingerprint density at radius 1 is 1.27 bits per heavy atom. The first kappa shape index (κ1) is 23.3. The molecular weight excluding hydrogens is 445 g/mol. The van der Waals surface area contributed by atoms with Crippen molar-refractivity contribution in [2.45, 2.75) is 24.6 Å². The summed E-state index contributed by atoms with van der Waals surface area (Å²) in [6.07, 6.45) is 5.19. The van der Waals surface area contributed by atoms with E-state index in [-0.39, 0.29) is 24.6 Å². The Labute approximate surface area is 188 Å². The maximum Gasteiger partial charge on any atom is 0.251 e. The second kappa shape index (κ2) is 9.83. The first-order valence-corrected chi connectivity index (χ1v) is 12.4. The van der Waals surface area contributed by atoms with Crippen LogP contribution >= 0.6 is 23.2 Å². The fourth-order valence-electron chi connectivity index (χ4n) is 3.73. The van der Waals surface area contributed by atoms with Gasteiger partial charge in [0.2, 0.25) is 0 Å². The molecule has 2 N–H and O–H groups in total. The molecule has 0 aromatic heterocycles. The predicted molar refractivity (Wildman–Crippen MR) is 122 cm³/mol. The number of carbonyl (C=O) groups excluding carboxylic acids is 1. The zero-order chi connectivity index (χ0) is 21.8. The van der Waals surface area contributed by atoms with E-state index in [2.05, 4.69) is 15.5 Å². The van der Waals surface area contributed by atoms with E-state index in [0.717, 1.165) is 38.3 Å². The van der Waals surface area contributed by atoms with Gasteiger partial charge >= 0.3 is 0 Å². The third kappa shape index (κ3) is 5.26. The molecule has 1 aliphatic heterocycles. The van der Waals surface area contributed by atoms with Crippen LogP contribution in [0.15, 0.2) is 41.5 Å². The van der Waals surface area contributed by atoms with Gasteiger partial charge in [0.1, 0.15) is 4.75 Å². The monoisotopic (exact) mass is 471 g/mol. The van der Waals surface area contributed by atoms with Gasteiger partial charge in [-0.3, -0.25) is 9.69 Å². The lowest BCUT2D eigenvalue weighted by Gasteiger charge is -2.31. The summed E-state index contributed by atoms with van der Waals surface area (Å²) in [6.45, 7) is 6.09. The number of sulfone groups is 1. The fraction of sp³-hybridized carbons (Fsp3) is 0.476. The van der Waals surface area contributed by atoms with E-state index < -0.39 is 14.6 Å². The molecule has 1 unspecified atom stereocenters. The third-order valence-electron chi connectivity index (χ3n) is 5.61. The molecule has 1 atom stereocenters. The van der Waals surface area contributed by atoms with E-state index in [1.54, 1.807) is 31.2 Å². The molecule has 1 amide bonds. The van der Waals surface area contributed by atoms with Crippen molar-refractivity contribution >= 4 is 38.9 Å². The second-order valence-electron chi connectivity index (χ2n) is 7.62. The van der Waals surface area contributed by atoms with Gasteiger partial charge in [0, 0.05) is 60.6 Å². The molecule has 164 valence electrons. The number of piperazine rings is 1. The quantitative estimate of drug-likeness (QED) is 0.638. The van der Waals surface area contributed by atoms with Crippen LogP contribution in [0.2, 0.25) is 5.02 Å². The molecule has 0 bridgehead atoms. The van der Waals surface area contributed by atoms with Crippen molar-refractivity contribution in [1.82, 2.24) is 15.5 Å². The lowest BCUT2D eigenvalue weighted by molar-refractivity contribution is 0.0951. The van der Waals surface area contributed by atoms with Gasteiger partial charge < -0.3 is 10.6 Å². The number of amides is 1. The van der Waals surface area contributed by atoms with Crippen LogP contribution in [-0.2, 0) is 16.4 Å². The zero-order valence-corrected chi connectivity index (χ0v) is 19.3. The Bertz CT molecular complexity index is 956. The lowest BCUT2D eigenvalue weighted by atomic mass is 9.99. The van der Waals surface area contributed by atoms with Gasteiger partial charge in [0.05, 0.1) is 0 Å². The van der Waals surface area contributed by atoms with Crippen LogP contribution in [0.1, 0.15) is 29.3 Å². The van der Waals surface area contributed by atoms with Crippen molar-refractivity contribution < 1.29 is 13.2 Å². The minimum Gasteiger partial charge on any atom is -0.350 e. The summed E-state index contributed by atoms with van der Waals surface area (Å²) in [6, 6.07) is 5.22. The summed E-state index contributed by atoms with van der Waals surface area (Å²) in [7, 11) is -3.49. The van der Waals surface area contributed by atoms with Crippen LogP contribution in [-0.4, -0.2) is 62.4 Å². The molecule has 30 heavy (non-hydrogen) atoms. The zero-order valence-electron chi connectivity index (χ0n) is 17.0. The standard InChI is InChI=1S/C21H27Cl2N3O3S/c1-2-30(28,29)21(7-3-4-18(22)13-21)15-25-20(27)16-5-6-17(19(23)12-16)14-26-10-8-24-9-11-26/h3-6,12-13,24H,2,7-11,14-15H2,1H3,(H,25,27). The van der Waals surface area contributed by atoms with Crippen LogP contribution in [0.3, 0.4) is 0 Å². The van der Waals surface area contributed by atoms with E-state index in [1.807, 2.05) is 6.07 Å². The van der Waals surface area contributed by atoms with Gasteiger partial charge in [-0.2, -0.15) is 0 Å². The molecule has 0 radical (unpaired) electrons. The SMILES string of the molecule is CCS(=O)(=O)C1(CNC(=O)c2ccc(CN3CCNCC3)c(Cl)c2)C=C(Cl)C=CC1. The van der Waals surface area contributed by atoms with Crippen LogP contribution in [0.5, 0.6) is 0 Å². The van der Waals surface area contributed by atoms with Gasteiger partial charge in [-0.05, 0) is 36.3 Å². The smallest absolute Gasteiger partial charge is 0.251 e. The molecule has 1 saturated heterocycles. The number of allylic oxidation sites excluding steroid dienone is 3. The van der Waals surface area contributed by atoms with E-state index in [4.69, 9.17) is 23.2 Å². The van der Waals surface area contributed by atoms with Gasteiger partial charge in [0.25, 0.3) is 5.91 Å². The van der Waals surface area contributed by atoms with Crippen LogP contribution in [0.4, 0.5) is 0 Å². The van der Waals surface area contributed by atoms with Crippen molar-refractivity contribution in [2.24, 2.45) is 0 Å². The number of benzene rings is 1. The van der Waals surface area contributed by atoms with Crippen LogP contribution in [0.25, 0.3) is 0 Å². The Balaban J connectivity index is 1.70. The summed E-state index contributed by atoms with van der Waals surface area (Å²) in [4.78, 5) is 15.0. The van der Waals surface area contributed by atoms with E-state index in [9.17, 15) is 13.2 Å². The number of nitrogens with one attached hydrogen (secondary N) is 2. The van der Waals surface area contributed by atoms with E-state index in [0.29, 0.717) is 15.6 Å². The molecule has 9 heteroatoms. The Morgan fingerprint density at radius 3 is 2.63 bits per heavy atom. The van der Waals surface area contributed by atoms with Crippen LogP contribution in [0, 0.1) is 0 Å². The van der Waals surface area contributed by atoms with Crippen molar-refractivity contribution in [2.75, 3.05) is 38.5 Å². The lowest BCUT2D eigenvalue weighted by Crippen LogP contribution is -2.48. The Morgan fingerprint density at radius 2 is 2.00 bits per heavy atom. The average molecular weight is 472 g/mol. The highest BCUT2D eigenvalue weighted by atomic mass is 35.5. The summed E-state index contributed by atoms with van der Waals surface area (Å²) < 4.78 is 24.2. The molecular formula is C21H27Cl2N3O3S. The molecule has 3 rings (SSSR count). The summed E-state index contributed by atoms with van der Waals surface area (Å²) in [5, 5.41) is 6.96.